The van der Waals surface area contributed by atoms with Gasteiger partial charge in [0.15, 0.2) is 16.7 Å². The molecule has 158 valence electrons. The second kappa shape index (κ2) is 8.46. The Morgan fingerprint density at radius 1 is 1.10 bits per heavy atom. The van der Waals surface area contributed by atoms with Crippen molar-refractivity contribution in [2.75, 3.05) is 6.54 Å². The van der Waals surface area contributed by atoms with E-state index in [1.54, 1.807) is 0 Å². The van der Waals surface area contributed by atoms with E-state index in [0.717, 1.165) is 24.4 Å². The van der Waals surface area contributed by atoms with Crippen molar-refractivity contribution >= 4 is 27.6 Å². The number of H-pyrrole nitrogens is 1. The summed E-state index contributed by atoms with van der Waals surface area (Å²) in [7, 11) is -4.23. The number of halogens is 4. The molecule has 7 nitrogen and oxygen atoms in total. The van der Waals surface area contributed by atoms with Crippen molar-refractivity contribution in [3.8, 4) is 0 Å². The van der Waals surface area contributed by atoms with Crippen molar-refractivity contribution in [1.29, 1.82) is 0 Å². The van der Waals surface area contributed by atoms with Crippen LogP contribution in [0.3, 0.4) is 0 Å². The largest absolute Gasteiger partial charge is 0.480 e. The molecule has 0 bridgehead atoms. The number of nitrogens with zero attached hydrogens (tertiary/aromatic N) is 1. The fourth-order valence-electron chi connectivity index (χ4n) is 2.73. The average molecular weight is 460 g/mol. The van der Waals surface area contributed by atoms with Crippen LogP contribution in [0, 0.1) is 17.5 Å². The summed E-state index contributed by atoms with van der Waals surface area (Å²) in [6, 6.07) is 6.71. The lowest BCUT2D eigenvalue weighted by molar-refractivity contribution is -0.135. The molecule has 1 heterocycles. The van der Waals surface area contributed by atoms with Crippen molar-refractivity contribution in [2.24, 2.45) is 0 Å². The number of rotatable bonds is 7. The van der Waals surface area contributed by atoms with Gasteiger partial charge in [-0.15, -0.1) is 0 Å². The molecule has 0 fully saturated rings. The lowest BCUT2D eigenvalue weighted by Crippen LogP contribution is -2.29. The summed E-state index contributed by atoms with van der Waals surface area (Å²) < 4.78 is 67.1. The molecule has 0 aliphatic rings. The Bertz CT molecular complexity index is 1170. The third kappa shape index (κ3) is 4.64. The number of carboxylic acids is 1. The third-order valence-corrected chi connectivity index (χ3v) is 5.70. The van der Waals surface area contributed by atoms with Crippen molar-refractivity contribution in [2.45, 2.75) is 10.9 Å². The first-order valence-corrected chi connectivity index (χ1v) is 10.1. The first-order valence-electron chi connectivity index (χ1n) is 8.24. The van der Waals surface area contributed by atoms with Crippen LogP contribution in [0.5, 0.6) is 0 Å². The second-order valence-corrected chi connectivity index (χ2v) is 8.27. The molecule has 2 aromatic carbocycles. The molecule has 0 aliphatic heterocycles. The fourth-order valence-corrected chi connectivity index (χ4v) is 3.82. The molecule has 3 N–H and O–H groups in total. The van der Waals surface area contributed by atoms with E-state index in [2.05, 4.69) is 9.97 Å². The Hall–Kier alpha value is -2.89. The van der Waals surface area contributed by atoms with Gasteiger partial charge in [0.25, 0.3) is 10.0 Å². The topological polar surface area (TPSA) is 112 Å². The molecule has 3 aromatic rings. The molecule has 12 heteroatoms. The monoisotopic (exact) mass is 459 g/mol. The van der Waals surface area contributed by atoms with Crippen LogP contribution in [0.2, 0.25) is 5.02 Å². The zero-order valence-corrected chi connectivity index (χ0v) is 16.4. The highest BCUT2D eigenvalue weighted by Crippen LogP contribution is 2.33. The van der Waals surface area contributed by atoms with Crippen LogP contribution in [0.15, 0.2) is 47.6 Å². The molecule has 30 heavy (non-hydrogen) atoms. The molecule has 0 saturated heterocycles. The van der Waals surface area contributed by atoms with E-state index in [1.165, 1.54) is 18.2 Å². The lowest BCUT2D eigenvalue weighted by atomic mass is 9.90. The maximum absolute atomic E-state index is 13.8. The molecule has 0 amide bonds. The van der Waals surface area contributed by atoms with E-state index in [0.29, 0.717) is 5.56 Å². The number of imidazole rings is 1. The lowest BCUT2D eigenvalue weighted by Gasteiger charge is -2.17. The molecular formula is C18H13ClF3N3O4S. The summed E-state index contributed by atoms with van der Waals surface area (Å²) in [5.41, 5.74) is 0.512. The smallest absolute Gasteiger partial charge is 0.318 e. The molecule has 0 spiro atoms. The van der Waals surface area contributed by atoms with Crippen LogP contribution >= 0.6 is 11.6 Å². The van der Waals surface area contributed by atoms with Crippen LogP contribution in [0.1, 0.15) is 22.9 Å². The molecular weight excluding hydrogens is 447 g/mol. The highest BCUT2D eigenvalue weighted by atomic mass is 35.5. The Morgan fingerprint density at radius 3 is 2.33 bits per heavy atom. The van der Waals surface area contributed by atoms with Crippen LogP contribution in [-0.4, -0.2) is 36.0 Å². The van der Waals surface area contributed by atoms with E-state index >= 15 is 0 Å². The Morgan fingerprint density at radius 2 is 1.73 bits per heavy atom. The van der Waals surface area contributed by atoms with Gasteiger partial charge in [-0.05, 0) is 35.4 Å². The number of aromatic amines is 1. The fraction of sp³-hybridized carbons (Fsp3) is 0.111. The number of benzene rings is 2. The summed E-state index contributed by atoms with van der Waals surface area (Å²) in [6.45, 7) is -0.850. The molecule has 3 rings (SSSR count). The summed E-state index contributed by atoms with van der Waals surface area (Å²) in [4.78, 5) is 17.1. The van der Waals surface area contributed by atoms with E-state index in [4.69, 9.17) is 16.7 Å². The molecule has 0 radical (unpaired) electrons. The van der Waals surface area contributed by atoms with Gasteiger partial charge in [-0.25, -0.2) is 26.6 Å². The van der Waals surface area contributed by atoms with Gasteiger partial charge in [0.05, 0.1) is 17.1 Å². The number of carbonyl (C=O) groups is 1. The van der Waals surface area contributed by atoms with Crippen LogP contribution in [-0.2, 0) is 14.8 Å². The number of hydrogen-bond acceptors (Lipinski definition) is 4. The Labute approximate surface area is 173 Å². The Kier molecular flexibility index (Phi) is 6.15. The first kappa shape index (κ1) is 21.8. The minimum atomic E-state index is -4.23. The van der Waals surface area contributed by atoms with Gasteiger partial charge in [0, 0.05) is 0 Å². The third-order valence-electron chi connectivity index (χ3n) is 4.10. The number of sulfonamides is 1. The summed E-state index contributed by atoms with van der Waals surface area (Å²) in [5.74, 6) is -5.28. The molecule has 1 aromatic heterocycles. The summed E-state index contributed by atoms with van der Waals surface area (Å²) >= 11 is 5.84. The van der Waals surface area contributed by atoms with E-state index < -0.39 is 50.9 Å². The summed E-state index contributed by atoms with van der Waals surface area (Å²) in [5, 5.41) is 7.97. The molecule has 0 aliphatic carbocycles. The minimum absolute atomic E-state index is 0.000571. The van der Waals surface area contributed by atoms with Crippen molar-refractivity contribution in [1.82, 2.24) is 14.7 Å². The van der Waals surface area contributed by atoms with Crippen LogP contribution in [0.25, 0.3) is 0 Å². The van der Waals surface area contributed by atoms with Crippen molar-refractivity contribution in [3.63, 3.8) is 0 Å². The zero-order valence-electron chi connectivity index (χ0n) is 14.9. The normalized spacial score (nSPS) is 12.7. The molecule has 1 atom stereocenters. The maximum atomic E-state index is 13.8. The van der Waals surface area contributed by atoms with E-state index in [9.17, 15) is 26.4 Å². The van der Waals surface area contributed by atoms with Gasteiger partial charge in [0.2, 0.25) is 0 Å². The minimum Gasteiger partial charge on any atom is -0.480 e. The number of aromatic nitrogens is 2. The van der Waals surface area contributed by atoms with E-state index in [-0.39, 0.29) is 16.4 Å². The van der Waals surface area contributed by atoms with Gasteiger partial charge in [-0.2, -0.15) is 4.72 Å². The van der Waals surface area contributed by atoms with Gasteiger partial charge in [0.1, 0.15) is 18.2 Å². The Balaban J connectivity index is 2.09. The van der Waals surface area contributed by atoms with Gasteiger partial charge in [-0.1, -0.05) is 23.7 Å². The predicted octanol–water partition coefficient (Wildman–Crippen LogP) is 3.02. The number of aliphatic carboxylic acids is 1. The SMILES string of the molecule is O=C(O)CNS(=O)(=O)c1cnc(C(c2ccc(F)c(F)c2)c2ccc(F)c(Cl)c2)[nH]1. The van der Waals surface area contributed by atoms with Crippen LogP contribution in [0.4, 0.5) is 13.2 Å². The average Bonchev–Trinajstić information content (AvgIpc) is 3.17. The quantitative estimate of drug-likeness (QED) is 0.503. The van der Waals surface area contributed by atoms with Gasteiger partial charge >= 0.3 is 5.97 Å². The number of nitrogens with one attached hydrogen (secondary N) is 2. The van der Waals surface area contributed by atoms with Gasteiger partial charge < -0.3 is 10.1 Å². The standard InChI is InChI=1S/C18H13ClF3N3O4S/c19-11-5-9(1-3-12(11)20)17(10-2-4-13(21)14(22)6-10)18-23-7-15(25-18)30(28,29)24-8-16(26)27/h1-7,17,24H,8H2,(H,23,25)(H,26,27). The second-order valence-electron chi connectivity index (χ2n) is 6.13. The first-order chi connectivity index (χ1) is 14.1. The van der Waals surface area contributed by atoms with Gasteiger partial charge in [-0.3, -0.25) is 4.79 Å². The highest BCUT2D eigenvalue weighted by Gasteiger charge is 2.25. The zero-order chi connectivity index (χ0) is 22.1. The van der Waals surface area contributed by atoms with Crippen molar-refractivity contribution < 1.29 is 31.5 Å². The summed E-state index contributed by atoms with van der Waals surface area (Å²) in [6.07, 6.45) is 0.942. The predicted molar refractivity (Wildman–Crippen MR) is 100 cm³/mol. The van der Waals surface area contributed by atoms with Crippen LogP contribution < -0.4 is 4.72 Å². The van der Waals surface area contributed by atoms with E-state index in [1.807, 2.05) is 4.72 Å². The maximum Gasteiger partial charge on any atom is 0.318 e. The molecule has 1 unspecified atom stereocenters. The number of carboxylic acid groups (broad SMARTS) is 1. The highest BCUT2D eigenvalue weighted by molar-refractivity contribution is 7.89. The molecule has 0 saturated carbocycles. The number of hydrogen-bond donors (Lipinski definition) is 3. The van der Waals surface area contributed by atoms with Crippen molar-refractivity contribution in [3.05, 3.63) is 82.0 Å².